The van der Waals surface area contributed by atoms with Crippen molar-refractivity contribution in [1.82, 2.24) is 0 Å². The van der Waals surface area contributed by atoms with E-state index < -0.39 is 18.3 Å². The Hall–Kier alpha value is -2.05. The second-order valence-corrected chi connectivity index (χ2v) is 32.0. The third-order valence-corrected chi connectivity index (χ3v) is 31.8. The first kappa shape index (κ1) is 39.2. The van der Waals surface area contributed by atoms with E-state index in [9.17, 15) is 0 Å². The Morgan fingerprint density at radius 3 is 1.92 bits per heavy atom. The third-order valence-electron chi connectivity index (χ3n) is 13.4. The van der Waals surface area contributed by atoms with E-state index in [2.05, 4.69) is 150 Å². The molecule has 0 saturated heterocycles. The van der Waals surface area contributed by atoms with Crippen LogP contribution in [0.25, 0.3) is 22.3 Å². The SMILES string of the molecule is Cl.Cl.[CH2]=[Zr]([CH2]C)([C]1=C(CC)C(C(C)(C)C)=CC1CC)([C]1=C(C)c2cc3c(cc2C1(C)C)Cc1cc2c(cc1-3)C(C)=CC2(C)C)[c]1ccccc1. The number of fused-ring (bicyclic) bond motifs is 5. The number of benzene rings is 3. The van der Waals surface area contributed by atoms with Gasteiger partial charge in [-0.25, -0.2) is 0 Å². The summed E-state index contributed by atoms with van der Waals surface area (Å²) in [7, 11) is 0. The van der Waals surface area contributed by atoms with Gasteiger partial charge in [0.1, 0.15) is 0 Å². The minimum absolute atomic E-state index is 0. The molecule has 3 heteroatoms. The summed E-state index contributed by atoms with van der Waals surface area (Å²) in [6, 6.07) is 22.0. The van der Waals surface area contributed by atoms with Gasteiger partial charge in [0, 0.05) is 0 Å². The molecule has 0 aromatic heterocycles. The van der Waals surface area contributed by atoms with Crippen molar-refractivity contribution >= 4 is 43.4 Å². The zero-order chi connectivity index (χ0) is 34.8. The fraction of sp³-hybridized carbons (Fsp3) is 0.426. The molecule has 4 aliphatic rings. The first-order chi connectivity index (χ1) is 22.4. The summed E-state index contributed by atoms with van der Waals surface area (Å²) < 4.78 is 11.9. The average molecular weight is 787 g/mol. The first-order valence-electron chi connectivity index (χ1n) is 18.8. The van der Waals surface area contributed by atoms with Gasteiger partial charge in [-0.1, -0.05) is 0 Å². The van der Waals surface area contributed by atoms with Gasteiger partial charge in [-0.15, -0.1) is 24.8 Å². The molecule has 266 valence electrons. The summed E-state index contributed by atoms with van der Waals surface area (Å²) >= 11 is -4.54. The Morgan fingerprint density at radius 2 is 1.38 bits per heavy atom. The molecule has 1 unspecified atom stereocenters. The van der Waals surface area contributed by atoms with E-state index >= 15 is 0 Å². The summed E-state index contributed by atoms with van der Waals surface area (Å²) in [4.78, 5) is 0. The molecule has 0 nitrogen and oxygen atoms in total. The topological polar surface area (TPSA) is 0 Å². The zero-order valence-corrected chi connectivity index (χ0v) is 36.9. The van der Waals surface area contributed by atoms with Crippen LogP contribution in [-0.2, 0) is 35.5 Å². The van der Waals surface area contributed by atoms with E-state index in [1.54, 1.807) is 17.7 Å². The van der Waals surface area contributed by atoms with Crippen molar-refractivity contribution in [1.29, 1.82) is 0 Å². The van der Waals surface area contributed by atoms with Gasteiger partial charge < -0.3 is 0 Å². The molecule has 1 atom stereocenters. The van der Waals surface area contributed by atoms with Gasteiger partial charge in [0.2, 0.25) is 0 Å². The fourth-order valence-electron chi connectivity index (χ4n) is 11.4. The minimum atomic E-state index is -4.54. The molecule has 0 radical (unpaired) electrons. The van der Waals surface area contributed by atoms with Crippen LogP contribution < -0.4 is 3.27 Å². The number of hydrogen-bond donors (Lipinski definition) is 0. The third kappa shape index (κ3) is 5.10. The molecule has 0 aliphatic heterocycles. The summed E-state index contributed by atoms with van der Waals surface area (Å²) in [5.41, 5.74) is 18.0. The van der Waals surface area contributed by atoms with Gasteiger partial charge in [-0.05, 0) is 0 Å². The molecule has 0 heterocycles. The molecule has 0 fully saturated rings. The molecular formula is C47H60Cl2Zr. The van der Waals surface area contributed by atoms with Gasteiger partial charge in [0.05, 0.1) is 0 Å². The Morgan fingerprint density at radius 1 is 0.800 bits per heavy atom. The van der Waals surface area contributed by atoms with E-state index in [4.69, 9.17) is 4.21 Å². The van der Waals surface area contributed by atoms with Crippen LogP contribution in [0.4, 0.5) is 0 Å². The molecule has 7 rings (SSSR count). The Kier molecular flexibility index (Phi) is 9.82. The van der Waals surface area contributed by atoms with Gasteiger partial charge in [-0.3, -0.25) is 0 Å². The van der Waals surface area contributed by atoms with E-state index in [1.165, 1.54) is 58.9 Å². The maximum atomic E-state index is 5.83. The number of allylic oxidation sites excluding steroid dienone is 8. The van der Waals surface area contributed by atoms with Crippen molar-refractivity contribution < 1.29 is 18.3 Å². The van der Waals surface area contributed by atoms with Crippen molar-refractivity contribution in [2.24, 2.45) is 11.3 Å². The predicted molar refractivity (Wildman–Crippen MR) is 224 cm³/mol. The van der Waals surface area contributed by atoms with Crippen LogP contribution in [-0.4, -0.2) is 4.21 Å². The predicted octanol–water partition coefficient (Wildman–Crippen LogP) is 13.4. The maximum absolute atomic E-state index is 5.83. The molecule has 50 heavy (non-hydrogen) atoms. The summed E-state index contributed by atoms with van der Waals surface area (Å²) in [5, 5.41) is 0. The second-order valence-electron chi connectivity index (χ2n) is 18.0. The van der Waals surface area contributed by atoms with Crippen molar-refractivity contribution in [3.63, 3.8) is 0 Å². The van der Waals surface area contributed by atoms with Crippen LogP contribution in [0.1, 0.15) is 129 Å². The van der Waals surface area contributed by atoms with Gasteiger partial charge in [-0.2, -0.15) is 0 Å². The van der Waals surface area contributed by atoms with Crippen molar-refractivity contribution in [3.05, 3.63) is 118 Å². The van der Waals surface area contributed by atoms with E-state index in [1.807, 2.05) is 0 Å². The standard InChI is InChI=1S/C25H25.C13H21.C6H5.C2H5.CH2.2ClH.Zr/c1-14-12-24(3,4)22-8-16-7-17-9-23-19(15(2)13-25(23,5)6)11-21(17)20(16)10-18(14)22;1-6-10-8-11(7-2)12(9-10)13(3,4)5;1-2-4-6-5-3-1;1-2;;;;/h8-12H,7H2,1-6H3;9-10H,6-7H2,1-5H3;1-5H;1H2,2H3;1H2;2*1H;. The van der Waals surface area contributed by atoms with Crippen LogP contribution in [0, 0.1) is 11.3 Å². The fourth-order valence-corrected chi connectivity index (χ4v) is 30.9. The normalized spacial score (nSPS) is 20.1. The molecule has 0 amide bonds. The molecule has 3 aromatic carbocycles. The number of hydrogen-bond acceptors (Lipinski definition) is 0. The van der Waals surface area contributed by atoms with Crippen LogP contribution in [0.15, 0.2) is 84.5 Å². The van der Waals surface area contributed by atoms with Gasteiger partial charge >= 0.3 is 295 Å². The van der Waals surface area contributed by atoms with Crippen LogP contribution in [0.3, 0.4) is 0 Å². The van der Waals surface area contributed by atoms with Crippen LogP contribution in [0.5, 0.6) is 0 Å². The first-order valence-corrected chi connectivity index (χ1v) is 25.9. The molecular weight excluding hydrogens is 727 g/mol. The summed E-state index contributed by atoms with van der Waals surface area (Å²) in [6.45, 7) is 29.2. The Labute approximate surface area is 317 Å². The molecule has 0 saturated carbocycles. The number of rotatable bonds is 6. The average Bonchev–Trinajstić information content (AvgIpc) is 3.72. The zero-order valence-electron chi connectivity index (χ0n) is 32.8. The molecule has 0 N–H and O–H groups in total. The molecule has 4 aliphatic carbocycles. The molecule has 0 bridgehead atoms. The molecule has 0 spiro atoms. The van der Waals surface area contributed by atoms with Crippen molar-refractivity contribution in [3.8, 4) is 11.1 Å². The van der Waals surface area contributed by atoms with E-state index in [0.717, 1.165) is 23.4 Å². The van der Waals surface area contributed by atoms with E-state index in [0.29, 0.717) is 5.92 Å². The molecule has 3 aromatic rings. The second kappa shape index (κ2) is 12.5. The number of halogens is 2. The van der Waals surface area contributed by atoms with Gasteiger partial charge in [0.15, 0.2) is 0 Å². The van der Waals surface area contributed by atoms with Gasteiger partial charge in [0.25, 0.3) is 0 Å². The Bertz CT molecular complexity index is 2110. The van der Waals surface area contributed by atoms with E-state index in [-0.39, 0.29) is 41.1 Å². The quantitative estimate of drug-likeness (QED) is 0.183. The summed E-state index contributed by atoms with van der Waals surface area (Å²) in [6.07, 6.45) is 8.36. The monoisotopic (exact) mass is 784 g/mol. The van der Waals surface area contributed by atoms with Crippen LogP contribution in [0.2, 0.25) is 4.13 Å². The van der Waals surface area contributed by atoms with Crippen LogP contribution >= 0.6 is 24.8 Å². The van der Waals surface area contributed by atoms with Crippen molar-refractivity contribution in [2.75, 3.05) is 0 Å². The Balaban J connectivity index is 0.00000243. The van der Waals surface area contributed by atoms with Crippen molar-refractivity contribution in [2.45, 2.75) is 117 Å². The summed E-state index contributed by atoms with van der Waals surface area (Å²) in [5.74, 6) is 0.441.